The zero-order valence-electron chi connectivity index (χ0n) is 17.2. The van der Waals surface area contributed by atoms with Crippen molar-refractivity contribution in [2.24, 2.45) is 0 Å². The summed E-state index contributed by atoms with van der Waals surface area (Å²) in [5.41, 5.74) is 4.52. The molecule has 0 spiro atoms. The zero-order valence-corrected chi connectivity index (χ0v) is 17.2. The van der Waals surface area contributed by atoms with Gasteiger partial charge in [-0.15, -0.1) is 0 Å². The molecule has 7 heteroatoms. The molecule has 1 aromatic heterocycles. The van der Waals surface area contributed by atoms with Gasteiger partial charge in [0, 0.05) is 62.5 Å². The first kappa shape index (κ1) is 20.1. The molecule has 2 aromatic rings. The Kier molecular flexibility index (Phi) is 6.59. The van der Waals surface area contributed by atoms with Gasteiger partial charge in [-0.1, -0.05) is 12.1 Å². The topological polar surface area (TPSA) is 73.5 Å². The van der Waals surface area contributed by atoms with E-state index in [2.05, 4.69) is 31.4 Å². The highest BCUT2D eigenvalue weighted by Crippen LogP contribution is 2.29. The van der Waals surface area contributed by atoms with Crippen LogP contribution in [0.5, 0.6) is 0 Å². The number of morpholine rings is 1. The van der Waals surface area contributed by atoms with Crippen molar-refractivity contribution in [1.29, 1.82) is 0 Å². The van der Waals surface area contributed by atoms with Crippen LogP contribution >= 0.6 is 0 Å². The normalized spacial score (nSPS) is 21.2. The second kappa shape index (κ2) is 9.52. The van der Waals surface area contributed by atoms with Crippen LogP contribution in [0, 0.1) is 0 Å². The van der Waals surface area contributed by atoms with Gasteiger partial charge in [0.1, 0.15) is 0 Å². The van der Waals surface area contributed by atoms with Crippen LogP contribution in [0.3, 0.4) is 0 Å². The Morgan fingerprint density at radius 3 is 2.93 bits per heavy atom. The van der Waals surface area contributed by atoms with Gasteiger partial charge >= 0.3 is 0 Å². The molecule has 156 valence electrons. The van der Waals surface area contributed by atoms with E-state index in [-0.39, 0.29) is 5.91 Å². The molecular formula is C22H31N5O2. The van der Waals surface area contributed by atoms with Crippen molar-refractivity contribution < 1.29 is 9.53 Å². The Labute approximate surface area is 172 Å². The summed E-state index contributed by atoms with van der Waals surface area (Å²) in [6, 6.07) is 7.94. The highest BCUT2D eigenvalue weighted by Gasteiger charge is 2.25. The van der Waals surface area contributed by atoms with Gasteiger partial charge in [0.25, 0.3) is 5.91 Å². The highest BCUT2D eigenvalue weighted by molar-refractivity contribution is 5.94. The van der Waals surface area contributed by atoms with E-state index in [4.69, 9.17) is 4.74 Å². The van der Waals surface area contributed by atoms with Gasteiger partial charge in [0.2, 0.25) is 0 Å². The number of hydrogen-bond donors (Lipinski definition) is 2. The number of carbonyl (C=O) groups is 1. The Balaban J connectivity index is 1.40. The number of carbonyl (C=O) groups excluding carboxylic acids is 1. The molecule has 1 atom stereocenters. The Morgan fingerprint density at radius 1 is 1.24 bits per heavy atom. The number of piperidine rings is 1. The summed E-state index contributed by atoms with van der Waals surface area (Å²) in [4.78, 5) is 16.9. The fraction of sp³-hybridized carbons (Fsp3) is 0.545. The maximum atomic E-state index is 11.9. The molecule has 0 radical (unpaired) electrons. The average molecular weight is 398 g/mol. The number of ether oxygens (including phenoxy) is 1. The van der Waals surface area contributed by atoms with E-state index in [0.717, 1.165) is 58.0 Å². The second-order valence-corrected chi connectivity index (χ2v) is 8.05. The summed E-state index contributed by atoms with van der Waals surface area (Å²) in [5.74, 6) is 0.443. The number of amides is 1. The summed E-state index contributed by atoms with van der Waals surface area (Å²) in [6.45, 7) is 7.54. The van der Waals surface area contributed by atoms with Gasteiger partial charge in [-0.3, -0.25) is 19.7 Å². The number of benzene rings is 1. The van der Waals surface area contributed by atoms with Crippen LogP contribution < -0.4 is 5.32 Å². The molecule has 0 saturated carbocycles. The minimum absolute atomic E-state index is 0.0337. The number of nitrogens with zero attached hydrogens (tertiary/aromatic N) is 3. The van der Waals surface area contributed by atoms with Crippen LogP contribution in [0.4, 0.5) is 0 Å². The van der Waals surface area contributed by atoms with E-state index in [9.17, 15) is 4.79 Å². The minimum Gasteiger partial charge on any atom is -0.379 e. The van der Waals surface area contributed by atoms with E-state index in [1.54, 1.807) is 7.05 Å². The molecule has 0 aliphatic carbocycles. The lowest BCUT2D eigenvalue weighted by atomic mass is 9.92. The molecule has 2 N–H and O–H groups in total. The fourth-order valence-corrected chi connectivity index (χ4v) is 4.45. The SMILES string of the molecule is CNC(=O)c1cccc(CN2CCCC(c3[nH]ncc3CN3CCOCC3)C2)c1. The van der Waals surface area contributed by atoms with Crippen LogP contribution in [0.2, 0.25) is 0 Å². The number of rotatable bonds is 6. The quantitative estimate of drug-likeness (QED) is 0.780. The summed E-state index contributed by atoms with van der Waals surface area (Å²) in [5, 5.41) is 10.4. The number of aromatic nitrogens is 2. The van der Waals surface area contributed by atoms with Crippen LogP contribution in [0.25, 0.3) is 0 Å². The first-order valence-corrected chi connectivity index (χ1v) is 10.6. The first-order chi connectivity index (χ1) is 14.2. The lowest BCUT2D eigenvalue weighted by Gasteiger charge is -2.33. The number of nitrogens with one attached hydrogen (secondary N) is 2. The van der Waals surface area contributed by atoms with E-state index in [0.29, 0.717) is 5.92 Å². The molecule has 2 aliphatic heterocycles. The maximum absolute atomic E-state index is 11.9. The Bertz CT molecular complexity index is 815. The third kappa shape index (κ3) is 5.04. The predicted octanol–water partition coefficient (Wildman–Crippen LogP) is 1.98. The number of H-pyrrole nitrogens is 1. The van der Waals surface area contributed by atoms with Crippen LogP contribution in [-0.2, 0) is 17.8 Å². The van der Waals surface area contributed by atoms with Crippen molar-refractivity contribution in [1.82, 2.24) is 25.3 Å². The number of aromatic amines is 1. The first-order valence-electron chi connectivity index (χ1n) is 10.6. The van der Waals surface area contributed by atoms with Crippen molar-refractivity contribution in [3.05, 3.63) is 52.8 Å². The molecule has 7 nitrogen and oxygen atoms in total. The third-order valence-electron chi connectivity index (χ3n) is 5.99. The molecule has 2 fully saturated rings. The van der Waals surface area contributed by atoms with Crippen LogP contribution in [0.1, 0.15) is 45.9 Å². The standard InChI is InChI=1S/C22H31N5O2/c1-23-22(28)18-5-2-4-17(12-18)14-27-7-3-6-19(15-27)21-20(13-24-25-21)16-26-8-10-29-11-9-26/h2,4-5,12-13,19H,3,6-11,14-16H2,1H3,(H,23,28)(H,24,25). The minimum atomic E-state index is -0.0337. The summed E-state index contributed by atoms with van der Waals surface area (Å²) < 4.78 is 5.47. The molecule has 0 bridgehead atoms. The average Bonchev–Trinajstić information content (AvgIpc) is 3.22. The molecule has 29 heavy (non-hydrogen) atoms. The molecular weight excluding hydrogens is 366 g/mol. The van der Waals surface area contributed by atoms with Gasteiger partial charge in [-0.2, -0.15) is 5.10 Å². The summed E-state index contributed by atoms with van der Waals surface area (Å²) in [7, 11) is 1.67. The lowest BCUT2D eigenvalue weighted by molar-refractivity contribution is 0.0339. The van der Waals surface area contributed by atoms with Crippen molar-refractivity contribution in [3.63, 3.8) is 0 Å². The molecule has 2 aliphatic rings. The Morgan fingerprint density at radius 2 is 2.10 bits per heavy atom. The monoisotopic (exact) mass is 397 g/mol. The van der Waals surface area contributed by atoms with Crippen LogP contribution in [-0.4, -0.2) is 72.3 Å². The molecule has 1 aromatic carbocycles. The number of hydrogen-bond acceptors (Lipinski definition) is 5. The molecule has 4 rings (SSSR count). The summed E-state index contributed by atoms with van der Waals surface area (Å²) >= 11 is 0. The summed E-state index contributed by atoms with van der Waals surface area (Å²) in [6.07, 6.45) is 4.36. The van der Waals surface area contributed by atoms with E-state index < -0.39 is 0 Å². The van der Waals surface area contributed by atoms with E-state index >= 15 is 0 Å². The molecule has 1 amide bonds. The van der Waals surface area contributed by atoms with Gasteiger partial charge < -0.3 is 10.1 Å². The zero-order chi connectivity index (χ0) is 20.1. The van der Waals surface area contributed by atoms with E-state index in [1.807, 2.05) is 24.4 Å². The fourth-order valence-electron chi connectivity index (χ4n) is 4.45. The molecule has 2 saturated heterocycles. The third-order valence-corrected chi connectivity index (χ3v) is 5.99. The van der Waals surface area contributed by atoms with Crippen LogP contribution in [0.15, 0.2) is 30.5 Å². The van der Waals surface area contributed by atoms with Gasteiger partial charge in [0.15, 0.2) is 0 Å². The molecule has 3 heterocycles. The smallest absolute Gasteiger partial charge is 0.251 e. The Hall–Kier alpha value is -2.22. The van der Waals surface area contributed by atoms with Gasteiger partial charge in [0.05, 0.1) is 19.4 Å². The second-order valence-electron chi connectivity index (χ2n) is 8.05. The number of likely N-dealkylation sites (tertiary alicyclic amines) is 1. The highest BCUT2D eigenvalue weighted by atomic mass is 16.5. The van der Waals surface area contributed by atoms with Crippen molar-refractivity contribution >= 4 is 5.91 Å². The lowest BCUT2D eigenvalue weighted by Crippen LogP contribution is -2.37. The van der Waals surface area contributed by atoms with E-state index in [1.165, 1.54) is 29.7 Å². The molecule has 1 unspecified atom stereocenters. The maximum Gasteiger partial charge on any atom is 0.251 e. The van der Waals surface area contributed by atoms with Crippen molar-refractivity contribution in [2.75, 3.05) is 46.4 Å². The van der Waals surface area contributed by atoms with Gasteiger partial charge in [-0.05, 0) is 37.1 Å². The van der Waals surface area contributed by atoms with Crippen molar-refractivity contribution in [2.45, 2.75) is 31.8 Å². The largest absolute Gasteiger partial charge is 0.379 e. The predicted molar refractivity (Wildman–Crippen MR) is 112 cm³/mol. The van der Waals surface area contributed by atoms with Crippen molar-refractivity contribution in [3.8, 4) is 0 Å². The van der Waals surface area contributed by atoms with Gasteiger partial charge in [-0.25, -0.2) is 0 Å².